The first-order valence-corrected chi connectivity index (χ1v) is 7.12. The first-order chi connectivity index (χ1) is 9.90. The second kappa shape index (κ2) is 4.87. The molecule has 0 aromatic heterocycles. The highest BCUT2D eigenvalue weighted by Gasteiger charge is 2.24. The molecule has 0 fully saturated rings. The van der Waals surface area contributed by atoms with Gasteiger partial charge in [0.2, 0.25) is 0 Å². The van der Waals surface area contributed by atoms with E-state index in [1.54, 1.807) is 0 Å². The van der Waals surface area contributed by atoms with Gasteiger partial charge in [0.25, 0.3) is 0 Å². The SMILES string of the molecule is C1=C(N2COc3ccccc3C2)CCC2=C1CNCO2. The van der Waals surface area contributed by atoms with Crippen molar-refractivity contribution in [3.05, 3.63) is 52.9 Å². The van der Waals surface area contributed by atoms with Crippen molar-refractivity contribution < 1.29 is 9.47 Å². The molecule has 0 spiro atoms. The summed E-state index contributed by atoms with van der Waals surface area (Å²) >= 11 is 0. The molecule has 2 heterocycles. The zero-order chi connectivity index (χ0) is 13.4. The monoisotopic (exact) mass is 270 g/mol. The smallest absolute Gasteiger partial charge is 0.161 e. The number of nitrogens with one attached hydrogen (secondary N) is 1. The minimum Gasteiger partial charge on any atom is -0.482 e. The van der Waals surface area contributed by atoms with Crippen LogP contribution in [0.3, 0.4) is 0 Å². The van der Waals surface area contributed by atoms with Gasteiger partial charge in [-0.3, -0.25) is 5.32 Å². The van der Waals surface area contributed by atoms with Crippen LogP contribution in [0.4, 0.5) is 0 Å². The van der Waals surface area contributed by atoms with Crippen LogP contribution in [0.1, 0.15) is 18.4 Å². The van der Waals surface area contributed by atoms with E-state index in [4.69, 9.17) is 9.47 Å². The molecule has 1 aromatic rings. The molecule has 20 heavy (non-hydrogen) atoms. The Morgan fingerprint density at radius 2 is 2.05 bits per heavy atom. The number of hydrogen-bond donors (Lipinski definition) is 1. The van der Waals surface area contributed by atoms with Crippen LogP contribution in [0.2, 0.25) is 0 Å². The van der Waals surface area contributed by atoms with Crippen LogP contribution in [-0.2, 0) is 11.3 Å². The topological polar surface area (TPSA) is 33.7 Å². The lowest BCUT2D eigenvalue weighted by atomic mass is 10.00. The molecule has 1 aliphatic carbocycles. The van der Waals surface area contributed by atoms with Gasteiger partial charge in [-0.1, -0.05) is 18.2 Å². The Kier molecular flexibility index (Phi) is 2.89. The van der Waals surface area contributed by atoms with Crippen molar-refractivity contribution in [2.75, 3.05) is 20.0 Å². The van der Waals surface area contributed by atoms with E-state index in [0.29, 0.717) is 13.5 Å². The maximum atomic E-state index is 5.85. The molecule has 3 aliphatic rings. The largest absolute Gasteiger partial charge is 0.482 e. The molecule has 0 atom stereocenters. The van der Waals surface area contributed by atoms with Crippen LogP contribution in [-0.4, -0.2) is 24.9 Å². The molecule has 0 bridgehead atoms. The lowest BCUT2D eigenvalue weighted by Gasteiger charge is -2.35. The van der Waals surface area contributed by atoms with Gasteiger partial charge in [0, 0.05) is 36.3 Å². The first-order valence-electron chi connectivity index (χ1n) is 7.12. The van der Waals surface area contributed by atoms with Crippen molar-refractivity contribution >= 4 is 0 Å². The Hall–Kier alpha value is -1.94. The summed E-state index contributed by atoms with van der Waals surface area (Å²) in [5, 5.41) is 3.25. The van der Waals surface area contributed by atoms with E-state index in [2.05, 4.69) is 28.4 Å². The second-order valence-corrected chi connectivity index (χ2v) is 5.38. The molecule has 0 unspecified atom stereocenters. The lowest BCUT2D eigenvalue weighted by molar-refractivity contribution is 0.117. The fourth-order valence-electron chi connectivity index (χ4n) is 3.00. The van der Waals surface area contributed by atoms with Crippen molar-refractivity contribution in [1.82, 2.24) is 10.2 Å². The van der Waals surface area contributed by atoms with Crippen LogP contribution >= 0.6 is 0 Å². The van der Waals surface area contributed by atoms with Crippen LogP contribution in [0.25, 0.3) is 0 Å². The van der Waals surface area contributed by atoms with Gasteiger partial charge in [-0.25, -0.2) is 0 Å². The van der Waals surface area contributed by atoms with Gasteiger partial charge in [-0.15, -0.1) is 0 Å². The number of ether oxygens (including phenoxy) is 2. The number of para-hydroxylation sites is 1. The van der Waals surface area contributed by atoms with Crippen molar-refractivity contribution in [2.45, 2.75) is 19.4 Å². The number of nitrogens with zero attached hydrogens (tertiary/aromatic N) is 1. The second-order valence-electron chi connectivity index (χ2n) is 5.38. The molecule has 104 valence electrons. The Balaban J connectivity index is 1.58. The normalized spacial score (nSPS) is 21.4. The van der Waals surface area contributed by atoms with E-state index < -0.39 is 0 Å². The van der Waals surface area contributed by atoms with Gasteiger partial charge in [0.05, 0.1) is 0 Å². The third-order valence-electron chi connectivity index (χ3n) is 4.09. The molecule has 4 nitrogen and oxygen atoms in total. The summed E-state index contributed by atoms with van der Waals surface area (Å²) in [6.07, 6.45) is 4.30. The molecule has 4 heteroatoms. The number of allylic oxidation sites excluding steroid dienone is 2. The summed E-state index contributed by atoms with van der Waals surface area (Å²) in [5.41, 5.74) is 3.90. The van der Waals surface area contributed by atoms with Crippen LogP contribution in [0, 0.1) is 0 Å². The van der Waals surface area contributed by atoms with Crippen molar-refractivity contribution in [2.24, 2.45) is 0 Å². The van der Waals surface area contributed by atoms with Gasteiger partial charge in [0.1, 0.15) is 18.2 Å². The average molecular weight is 270 g/mol. The number of benzene rings is 1. The summed E-state index contributed by atoms with van der Waals surface area (Å²) in [6.45, 7) is 3.12. The Morgan fingerprint density at radius 3 is 3.05 bits per heavy atom. The van der Waals surface area contributed by atoms with Gasteiger partial charge in [0.15, 0.2) is 6.73 Å². The highest BCUT2D eigenvalue weighted by molar-refractivity contribution is 5.37. The van der Waals surface area contributed by atoms with E-state index in [9.17, 15) is 0 Å². The maximum Gasteiger partial charge on any atom is 0.161 e. The molecule has 1 N–H and O–H groups in total. The van der Waals surface area contributed by atoms with Gasteiger partial charge in [-0.2, -0.15) is 0 Å². The molecule has 2 aliphatic heterocycles. The summed E-state index contributed by atoms with van der Waals surface area (Å²) in [7, 11) is 0. The van der Waals surface area contributed by atoms with E-state index in [-0.39, 0.29) is 0 Å². The number of rotatable bonds is 1. The Labute approximate surface area is 118 Å². The van der Waals surface area contributed by atoms with Crippen molar-refractivity contribution in [3.8, 4) is 5.75 Å². The minimum atomic E-state index is 0.639. The summed E-state index contributed by atoms with van der Waals surface area (Å²) in [5.74, 6) is 2.17. The van der Waals surface area contributed by atoms with E-state index >= 15 is 0 Å². The van der Waals surface area contributed by atoms with Gasteiger partial charge < -0.3 is 14.4 Å². The number of fused-ring (bicyclic) bond motifs is 1. The first kappa shape index (κ1) is 11.9. The summed E-state index contributed by atoms with van der Waals surface area (Å²) in [6, 6.07) is 8.28. The van der Waals surface area contributed by atoms with E-state index in [1.807, 2.05) is 12.1 Å². The highest BCUT2D eigenvalue weighted by atomic mass is 16.5. The average Bonchev–Trinajstić information content (AvgIpc) is 2.54. The predicted octanol–water partition coefficient (Wildman–Crippen LogP) is 2.35. The molecule has 0 saturated heterocycles. The third-order valence-corrected chi connectivity index (χ3v) is 4.09. The lowest BCUT2D eigenvalue weighted by Crippen LogP contribution is -2.34. The molecule has 0 amide bonds. The van der Waals surface area contributed by atoms with Crippen LogP contribution < -0.4 is 10.1 Å². The standard InChI is InChI=1S/C16H18N2O2/c1-2-4-15-12(3-1)9-18(11-20-15)14-5-6-16-13(7-14)8-17-10-19-16/h1-4,7,17H,5-6,8-11H2. The molecule has 0 saturated carbocycles. The summed E-state index contributed by atoms with van der Waals surface area (Å²) in [4.78, 5) is 2.32. The third kappa shape index (κ3) is 2.06. The molecular formula is C16H18N2O2. The fourth-order valence-corrected chi connectivity index (χ4v) is 3.00. The quantitative estimate of drug-likeness (QED) is 0.849. The zero-order valence-electron chi connectivity index (χ0n) is 11.4. The van der Waals surface area contributed by atoms with E-state index in [0.717, 1.165) is 37.4 Å². The maximum absolute atomic E-state index is 5.85. The molecular weight excluding hydrogens is 252 g/mol. The molecule has 0 radical (unpaired) electrons. The Morgan fingerprint density at radius 1 is 1.10 bits per heavy atom. The minimum absolute atomic E-state index is 0.639. The van der Waals surface area contributed by atoms with Crippen LogP contribution in [0.5, 0.6) is 5.75 Å². The molecule has 4 rings (SSSR count). The highest BCUT2D eigenvalue weighted by Crippen LogP contribution is 2.32. The van der Waals surface area contributed by atoms with Gasteiger partial charge in [-0.05, 0) is 18.6 Å². The molecule has 1 aromatic carbocycles. The van der Waals surface area contributed by atoms with Crippen LogP contribution in [0.15, 0.2) is 47.4 Å². The van der Waals surface area contributed by atoms with Gasteiger partial charge >= 0.3 is 0 Å². The van der Waals surface area contributed by atoms with E-state index in [1.165, 1.54) is 16.8 Å². The number of hydrogen-bond acceptors (Lipinski definition) is 4. The van der Waals surface area contributed by atoms with Crippen molar-refractivity contribution in [1.29, 1.82) is 0 Å². The summed E-state index contributed by atoms with van der Waals surface area (Å²) < 4.78 is 11.5. The predicted molar refractivity (Wildman–Crippen MR) is 75.8 cm³/mol. The Bertz CT molecular complexity index is 592. The zero-order valence-corrected chi connectivity index (χ0v) is 11.4. The fraction of sp³-hybridized carbons (Fsp3) is 0.375. The van der Waals surface area contributed by atoms with Crippen molar-refractivity contribution in [3.63, 3.8) is 0 Å².